The summed E-state index contributed by atoms with van der Waals surface area (Å²) in [5.41, 5.74) is 5.46. The zero-order chi connectivity index (χ0) is 17.5. The van der Waals surface area contributed by atoms with E-state index in [0.717, 1.165) is 25.7 Å². The van der Waals surface area contributed by atoms with Crippen LogP contribution in [0.2, 0.25) is 0 Å². The van der Waals surface area contributed by atoms with E-state index in [0.29, 0.717) is 25.9 Å². The third kappa shape index (κ3) is 10.2. The maximum absolute atomic E-state index is 12.1. The molecular weight excluding hydrogens is 296 g/mol. The first-order chi connectivity index (χ1) is 11.1. The van der Waals surface area contributed by atoms with Gasteiger partial charge in [0.05, 0.1) is 6.61 Å². The summed E-state index contributed by atoms with van der Waals surface area (Å²) in [6, 6.07) is -0.823. The first-order valence-electron chi connectivity index (χ1n) is 8.94. The summed E-state index contributed by atoms with van der Waals surface area (Å²) in [6.07, 6.45) is 7.88. The van der Waals surface area contributed by atoms with E-state index in [2.05, 4.69) is 6.92 Å². The topological polar surface area (TPSA) is 92.9 Å². The van der Waals surface area contributed by atoms with Gasteiger partial charge in [0.2, 0.25) is 0 Å². The molecule has 6 heteroatoms. The van der Waals surface area contributed by atoms with Gasteiger partial charge >= 0.3 is 12.1 Å². The molecule has 0 spiro atoms. The first-order valence-corrected chi connectivity index (χ1v) is 8.94. The van der Waals surface area contributed by atoms with Gasteiger partial charge in [0, 0.05) is 6.54 Å². The molecule has 0 aliphatic carbocycles. The third-order valence-electron chi connectivity index (χ3n) is 3.85. The van der Waals surface area contributed by atoms with Crippen LogP contribution in [-0.4, -0.2) is 47.8 Å². The van der Waals surface area contributed by atoms with Crippen molar-refractivity contribution in [2.24, 2.45) is 5.73 Å². The Morgan fingerprint density at radius 2 is 1.70 bits per heavy atom. The molecule has 136 valence electrons. The van der Waals surface area contributed by atoms with Crippen LogP contribution in [-0.2, 0) is 9.53 Å². The summed E-state index contributed by atoms with van der Waals surface area (Å²) >= 11 is 0. The van der Waals surface area contributed by atoms with E-state index in [4.69, 9.17) is 10.5 Å². The first kappa shape index (κ1) is 21.7. The second kappa shape index (κ2) is 14.3. The van der Waals surface area contributed by atoms with Gasteiger partial charge in [-0.3, -0.25) is 4.90 Å². The number of rotatable bonds is 14. The number of aliphatic carboxylic acids is 1. The molecule has 0 fully saturated rings. The van der Waals surface area contributed by atoms with Crippen molar-refractivity contribution in [2.75, 3.05) is 19.7 Å². The molecule has 6 nitrogen and oxygen atoms in total. The molecule has 0 aromatic rings. The van der Waals surface area contributed by atoms with Gasteiger partial charge in [0.25, 0.3) is 0 Å². The van der Waals surface area contributed by atoms with Crippen molar-refractivity contribution < 1.29 is 19.4 Å². The fourth-order valence-corrected chi connectivity index (χ4v) is 2.54. The van der Waals surface area contributed by atoms with Gasteiger partial charge in [-0.1, -0.05) is 39.0 Å². The van der Waals surface area contributed by atoms with Gasteiger partial charge in [-0.2, -0.15) is 0 Å². The van der Waals surface area contributed by atoms with E-state index < -0.39 is 18.1 Å². The van der Waals surface area contributed by atoms with Crippen LogP contribution < -0.4 is 5.73 Å². The number of nitrogens with two attached hydrogens (primary N) is 1. The maximum Gasteiger partial charge on any atom is 0.410 e. The minimum absolute atomic E-state index is 0.251. The third-order valence-corrected chi connectivity index (χ3v) is 3.85. The Balaban J connectivity index is 4.54. The van der Waals surface area contributed by atoms with E-state index in [-0.39, 0.29) is 6.61 Å². The second-order valence-corrected chi connectivity index (χ2v) is 5.80. The van der Waals surface area contributed by atoms with E-state index in [1.54, 1.807) is 6.92 Å². The highest BCUT2D eigenvalue weighted by Gasteiger charge is 2.29. The molecule has 0 rings (SSSR count). The van der Waals surface area contributed by atoms with E-state index in [1.807, 2.05) is 0 Å². The van der Waals surface area contributed by atoms with Crippen molar-refractivity contribution in [1.29, 1.82) is 0 Å². The Morgan fingerprint density at radius 1 is 1.04 bits per heavy atom. The van der Waals surface area contributed by atoms with Gasteiger partial charge < -0.3 is 15.6 Å². The van der Waals surface area contributed by atoms with Gasteiger partial charge in [-0.05, 0) is 39.2 Å². The Labute approximate surface area is 140 Å². The van der Waals surface area contributed by atoms with Gasteiger partial charge in [0.15, 0.2) is 0 Å². The van der Waals surface area contributed by atoms with Crippen molar-refractivity contribution >= 4 is 12.1 Å². The molecule has 0 aliphatic rings. The number of carboxylic acid groups (broad SMARTS) is 1. The van der Waals surface area contributed by atoms with Crippen LogP contribution in [0.4, 0.5) is 4.79 Å². The molecule has 0 aromatic carbocycles. The number of carbonyl (C=O) groups is 2. The summed E-state index contributed by atoms with van der Waals surface area (Å²) in [5.74, 6) is -0.971. The summed E-state index contributed by atoms with van der Waals surface area (Å²) in [6.45, 7) is 5.11. The van der Waals surface area contributed by atoms with Gasteiger partial charge in [-0.25, -0.2) is 9.59 Å². The number of carbonyl (C=O) groups excluding carboxylic acids is 1. The highest BCUT2D eigenvalue weighted by atomic mass is 16.6. The Bertz CT molecular complexity index is 324. The summed E-state index contributed by atoms with van der Waals surface area (Å²) in [7, 11) is 0. The van der Waals surface area contributed by atoms with Crippen molar-refractivity contribution in [2.45, 2.75) is 77.7 Å². The Morgan fingerprint density at radius 3 is 2.26 bits per heavy atom. The molecule has 0 unspecified atom stereocenters. The average Bonchev–Trinajstić information content (AvgIpc) is 2.52. The summed E-state index contributed by atoms with van der Waals surface area (Å²) < 4.78 is 5.04. The van der Waals surface area contributed by atoms with Crippen LogP contribution in [0, 0.1) is 0 Å². The molecule has 0 aromatic heterocycles. The molecule has 3 N–H and O–H groups in total. The number of hydrogen-bond acceptors (Lipinski definition) is 4. The lowest BCUT2D eigenvalue weighted by atomic mass is 10.1. The predicted molar refractivity (Wildman–Crippen MR) is 91.4 cm³/mol. The number of nitrogens with zero attached hydrogens (tertiary/aromatic N) is 1. The van der Waals surface area contributed by atoms with Crippen LogP contribution >= 0.6 is 0 Å². The van der Waals surface area contributed by atoms with Crippen LogP contribution in [0.1, 0.15) is 71.6 Å². The molecule has 0 heterocycles. The van der Waals surface area contributed by atoms with Crippen LogP contribution in [0.3, 0.4) is 0 Å². The van der Waals surface area contributed by atoms with Gasteiger partial charge in [-0.15, -0.1) is 0 Å². The predicted octanol–water partition coefficient (Wildman–Crippen LogP) is 3.39. The average molecular weight is 330 g/mol. The van der Waals surface area contributed by atoms with Crippen LogP contribution in [0.5, 0.6) is 0 Å². The second-order valence-electron chi connectivity index (χ2n) is 5.80. The SMILES string of the molecule is CCCCCCCCN(C(=O)OCC)[C@@H](CCCCN)C(=O)O. The fourth-order valence-electron chi connectivity index (χ4n) is 2.54. The van der Waals surface area contributed by atoms with Crippen LogP contribution in [0.15, 0.2) is 0 Å². The van der Waals surface area contributed by atoms with Crippen molar-refractivity contribution in [3.8, 4) is 0 Å². The number of ether oxygens (including phenoxy) is 1. The molecule has 0 saturated heterocycles. The molecule has 0 aliphatic heterocycles. The van der Waals surface area contributed by atoms with Gasteiger partial charge in [0.1, 0.15) is 6.04 Å². The Kier molecular flexibility index (Phi) is 13.5. The molecular formula is C17H34N2O4. The summed E-state index contributed by atoms with van der Waals surface area (Å²) in [4.78, 5) is 25.0. The monoisotopic (exact) mass is 330 g/mol. The zero-order valence-electron chi connectivity index (χ0n) is 14.8. The molecule has 23 heavy (non-hydrogen) atoms. The van der Waals surface area contributed by atoms with Crippen molar-refractivity contribution in [3.05, 3.63) is 0 Å². The fraction of sp³-hybridized carbons (Fsp3) is 0.882. The minimum atomic E-state index is -0.971. The van der Waals surface area contributed by atoms with Crippen molar-refractivity contribution in [1.82, 2.24) is 4.90 Å². The summed E-state index contributed by atoms with van der Waals surface area (Å²) in [5, 5.41) is 9.45. The van der Waals surface area contributed by atoms with E-state index >= 15 is 0 Å². The highest BCUT2D eigenvalue weighted by Crippen LogP contribution is 2.14. The number of hydrogen-bond donors (Lipinski definition) is 2. The van der Waals surface area contributed by atoms with E-state index in [9.17, 15) is 14.7 Å². The molecule has 1 atom stereocenters. The molecule has 0 bridgehead atoms. The lowest BCUT2D eigenvalue weighted by molar-refractivity contribution is -0.143. The lowest BCUT2D eigenvalue weighted by Gasteiger charge is -2.28. The minimum Gasteiger partial charge on any atom is -0.480 e. The standard InChI is InChI=1S/C17H34N2O4/c1-3-5-6-7-8-11-14-19(17(22)23-4-2)15(16(20)21)12-9-10-13-18/h15H,3-14,18H2,1-2H3,(H,20,21)/t15-/m0/s1. The maximum atomic E-state index is 12.1. The highest BCUT2D eigenvalue weighted by molar-refractivity contribution is 5.80. The molecule has 0 radical (unpaired) electrons. The lowest BCUT2D eigenvalue weighted by Crippen LogP contribution is -2.46. The number of carboxylic acids is 1. The quantitative estimate of drug-likeness (QED) is 0.476. The van der Waals surface area contributed by atoms with Crippen LogP contribution in [0.25, 0.3) is 0 Å². The zero-order valence-corrected chi connectivity index (χ0v) is 14.8. The smallest absolute Gasteiger partial charge is 0.410 e. The molecule has 0 saturated carbocycles. The molecule has 1 amide bonds. The van der Waals surface area contributed by atoms with Crippen molar-refractivity contribution in [3.63, 3.8) is 0 Å². The van der Waals surface area contributed by atoms with E-state index in [1.165, 1.54) is 24.2 Å². The number of unbranched alkanes of at least 4 members (excludes halogenated alkanes) is 6. The normalized spacial score (nSPS) is 12.0. The largest absolute Gasteiger partial charge is 0.480 e. The number of amides is 1. The Hall–Kier alpha value is -1.30.